The molecule has 1 N–H and O–H groups in total. The van der Waals surface area contributed by atoms with Gasteiger partial charge in [-0.15, -0.1) is 0 Å². The van der Waals surface area contributed by atoms with Gasteiger partial charge in [0.15, 0.2) is 0 Å². The van der Waals surface area contributed by atoms with Crippen molar-refractivity contribution in [1.82, 2.24) is 9.21 Å². The molecule has 1 fully saturated rings. The fourth-order valence-corrected chi connectivity index (χ4v) is 5.00. The average molecular weight is 476 g/mol. The van der Waals surface area contributed by atoms with Crippen LogP contribution in [0.3, 0.4) is 0 Å². The topological polar surface area (TPSA) is 96.0 Å². The molecule has 1 aromatic rings. The molecule has 0 spiro atoms. The number of ether oxygens (including phenoxy) is 1. The Labute approximate surface area is 188 Å². The molecule has 1 aliphatic rings. The minimum absolute atomic E-state index is 0.0167. The molecular formula is C21H37N3O5S2. The highest BCUT2D eigenvalue weighted by atomic mass is 32.2. The van der Waals surface area contributed by atoms with Crippen molar-refractivity contribution in [2.75, 3.05) is 49.5 Å². The van der Waals surface area contributed by atoms with E-state index < -0.39 is 20.0 Å². The number of nitrogens with zero attached hydrogens (tertiary/aromatic N) is 2. The molecule has 0 radical (unpaired) electrons. The summed E-state index contributed by atoms with van der Waals surface area (Å²) >= 11 is 0. The summed E-state index contributed by atoms with van der Waals surface area (Å²) in [6.45, 7) is 12.7. The van der Waals surface area contributed by atoms with Crippen molar-refractivity contribution in [2.24, 2.45) is 5.41 Å². The molecule has 8 nitrogen and oxygen atoms in total. The van der Waals surface area contributed by atoms with Gasteiger partial charge in [0, 0.05) is 32.2 Å². The van der Waals surface area contributed by atoms with E-state index in [-0.39, 0.29) is 17.2 Å². The van der Waals surface area contributed by atoms with E-state index in [1.807, 2.05) is 19.1 Å². The van der Waals surface area contributed by atoms with E-state index in [4.69, 9.17) is 4.74 Å². The quantitative estimate of drug-likeness (QED) is 0.589. The number of hydrogen-bond acceptors (Lipinski definition) is 6. The van der Waals surface area contributed by atoms with E-state index in [9.17, 15) is 16.8 Å². The molecule has 1 saturated heterocycles. The first-order valence-corrected chi connectivity index (χ1v) is 14.2. The zero-order valence-electron chi connectivity index (χ0n) is 19.5. The Morgan fingerprint density at radius 1 is 1.10 bits per heavy atom. The van der Waals surface area contributed by atoms with Crippen molar-refractivity contribution in [3.8, 4) is 5.75 Å². The Kier molecular flexibility index (Phi) is 8.40. The smallest absolute Gasteiger partial charge is 0.232 e. The van der Waals surface area contributed by atoms with Gasteiger partial charge in [0.05, 0.1) is 17.7 Å². The van der Waals surface area contributed by atoms with Gasteiger partial charge in [-0.2, -0.15) is 4.31 Å². The lowest BCUT2D eigenvalue weighted by molar-refractivity contribution is 0.109. The fraction of sp³-hybridized carbons (Fsp3) is 0.714. The molecule has 1 heterocycles. The van der Waals surface area contributed by atoms with Crippen LogP contribution in [-0.2, 0) is 26.5 Å². The van der Waals surface area contributed by atoms with Crippen LogP contribution in [0.25, 0.3) is 0 Å². The molecule has 1 aromatic carbocycles. The summed E-state index contributed by atoms with van der Waals surface area (Å²) in [6.07, 6.45) is 2.08. The summed E-state index contributed by atoms with van der Waals surface area (Å²) in [7, 11) is -6.59. The summed E-state index contributed by atoms with van der Waals surface area (Å²) in [5.41, 5.74) is 1.61. The minimum Gasteiger partial charge on any atom is -0.490 e. The van der Waals surface area contributed by atoms with Crippen LogP contribution in [0, 0.1) is 5.41 Å². The van der Waals surface area contributed by atoms with Gasteiger partial charge in [0.25, 0.3) is 0 Å². The predicted molar refractivity (Wildman–Crippen MR) is 126 cm³/mol. The Morgan fingerprint density at radius 2 is 1.71 bits per heavy atom. The molecule has 0 aliphatic carbocycles. The highest BCUT2D eigenvalue weighted by molar-refractivity contribution is 7.92. The second-order valence-corrected chi connectivity index (χ2v) is 13.4. The molecular weight excluding hydrogens is 438 g/mol. The van der Waals surface area contributed by atoms with Crippen LogP contribution in [-0.4, -0.2) is 76.9 Å². The van der Waals surface area contributed by atoms with Gasteiger partial charge in [0.2, 0.25) is 20.0 Å². The highest BCUT2D eigenvalue weighted by Gasteiger charge is 2.26. The van der Waals surface area contributed by atoms with Crippen LogP contribution in [0.5, 0.6) is 5.75 Å². The van der Waals surface area contributed by atoms with Gasteiger partial charge in [0.1, 0.15) is 12.4 Å². The van der Waals surface area contributed by atoms with Gasteiger partial charge in [-0.3, -0.25) is 9.62 Å². The first-order valence-electron chi connectivity index (χ1n) is 10.7. The Hall–Kier alpha value is -1.36. The van der Waals surface area contributed by atoms with Crippen LogP contribution >= 0.6 is 0 Å². The Morgan fingerprint density at radius 3 is 2.23 bits per heavy atom. The zero-order chi connectivity index (χ0) is 23.4. The first kappa shape index (κ1) is 25.9. The monoisotopic (exact) mass is 475 g/mol. The molecule has 0 amide bonds. The second-order valence-electron chi connectivity index (χ2n) is 9.43. The van der Waals surface area contributed by atoms with Crippen LogP contribution < -0.4 is 9.46 Å². The molecule has 31 heavy (non-hydrogen) atoms. The van der Waals surface area contributed by atoms with Crippen molar-refractivity contribution in [3.05, 3.63) is 23.8 Å². The molecule has 0 saturated carbocycles. The van der Waals surface area contributed by atoms with Crippen molar-refractivity contribution in [3.63, 3.8) is 0 Å². The summed E-state index contributed by atoms with van der Waals surface area (Å²) in [5.74, 6) is 0.498. The molecule has 10 heteroatoms. The number of benzene rings is 1. The standard InChI is InChI=1S/C21H37N3O5S2/c1-7-31(27,28)22-19-9-8-18(15-21(3,4)5)14-20(19)29-16-17(2)23-10-12-24(13-11-23)30(6,25)26/h8-9,14,17,22H,7,10-13,15-16H2,1-6H3. The molecule has 0 bridgehead atoms. The van der Waals surface area contributed by atoms with Crippen LogP contribution in [0.15, 0.2) is 18.2 Å². The summed E-state index contributed by atoms with van der Waals surface area (Å²) in [6, 6.07) is 5.66. The third-order valence-corrected chi connectivity index (χ3v) is 7.87. The van der Waals surface area contributed by atoms with Crippen molar-refractivity contribution < 1.29 is 21.6 Å². The second kappa shape index (κ2) is 10.1. The van der Waals surface area contributed by atoms with E-state index in [0.717, 1.165) is 12.0 Å². The molecule has 1 atom stereocenters. The van der Waals surface area contributed by atoms with Crippen molar-refractivity contribution in [2.45, 2.75) is 47.1 Å². The van der Waals surface area contributed by atoms with E-state index in [2.05, 4.69) is 30.4 Å². The SMILES string of the molecule is CCS(=O)(=O)Nc1ccc(CC(C)(C)C)cc1OCC(C)N1CCN(S(C)(=O)=O)CC1. The highest BCUT2D eigenvalue weighted by Crippen LogP contribution is 2.30. The largest absolute Gasteiger partial charge is 0.490 e. The number of nitrogens with one attached hydrogen (secondary N) is 1. The maximum absolute atomic E-state index is 12.1. The first-order chi connectivity index (χ1) is 14.2. The molecule has 1 aliphatic heterocycles. The van der Waals surface area contributed by atoms with E-state index in [0.29, 0.717) is 44.2 Å². The van der Waals surface area contributed by atoms with E-state index in [1.165, 1.54) is 10.6 Å². The van der Waals surface area contributed by atoms with Crippen molar-refractivity contribution in [1.29, 1.82) is 0 Å². The van der Waals surface area contributed by atoms with Gasteiger partial charge in [-0.05, 0) is 43.4 Å². The lowest BCUT2D eigenvalue weighted by atomic mass is 9.88. The van der Waals surface area contributed by atoms with Crippen LogP contribution in [0.1, 0.15) is 40.2 Å². The fourth-order valence-electron chi connectivity index (χ4n) is 3.52. The summed E-state index contributed by atoms with van der Waals surface area (Å²) in [4.78, 5) is 2.19. The third kappa shape index (κ3) is 8.25. The number of sulfonamides is 2. The minimum atomic E-state index is -3.43. The lowest BCUT2D eigenvalue weighted by Gasteiger charge is -2.36. The zero-order valence-corrected chi connectivity index (χ0v) is 21.1. The predicted octanol–water partition coefficient (Wildman–Crippen LogP) is 2.38. The molecule has 178 valence electrons. The normalized spacial score (nSPS) is 18.0. The Bertz CT molecular complexity index is 948. The maximum Gasteiger partial charge on any atom is 0.232 e. The molecule has 0 aromatic heterocycles. The number of piperazine rings is 1. The number of hydrogen-bond donors (Lipinski definition) is 1. The number of rotatable bonds is 9. The van der Waals surface area contributed by atoms with Crippen LogP contribution in [0.2, 0.25) is 0 Å². The van der Waals surface area contributed by atoms with Crippen molar-refractivity contribution >= 4 is 25.7 Å². The van der Waals surface area contributed by atoms with Gasteiger partial charge >= 0.3 is 0 Å². The molecule has 2 rings (SSSR count). The van der Waals surface area contributed by atoms with E-state index in [1.54, 1.807) is 13.0 Å². The molecule has 1 unspecified atom stereocenters. The number of anilines is 1. The van der Waals surface area contributed by atoms with Crippen LogP contribution in [0.4, 0.5) is 5.69 Å². The lowest BCUT2D eigenvalue weighted by Crippen LogP contribution is -2.52. The maximum atomic E-state index is 12.1. The van der Waals surface area contributed by atoms with Gasteiger partial charge in [-0.1, -0.05) is 26.8 Å². The van der Waals surface area contributed by atoms with Gasteiger partial charge in [-0.25, -0.2) is 16.8 Å². The summed E-state index contributed by atoms with van der Waals surface area (Å²) in [5, 5.41) is 0. The Balaban J connectivity index is 2.11. The average Bonchev–Trinajstić information content (AvgIpc) is 2.66. The summed E-state index contributed by atoms with van der Waals surface area (Å²) < 4.78 is 57.8. The van der Waals surface area contributed by atoms with E-state index >= 15 is 0 Å². The van der Waals surface area contributed by atoms with Gasteiger partial charge < -0.3 is 4.74 Å². The third-order valence-electron chi connectivity index (χ3n) is 5.27.